The number of aryl methyl sites for hydroxylation is 4. The predicted octanol–water partition coefficient (Wildman–Crippen LogP) is 2.82. The van der Waals surface area contributed by atoms with Gasteiger partial charge >= 0.3 is 0 Å². The van der Waals surface area contributed by atoms with E-state index in [2.05, 4.69) is 24.3 Å². The van der Waals surface area contributed by atoms with Gasteiger partial charge in [0.05, 0.1) is 4.90 Å². The van der Waals surface area contributed by atoms with E-state index in [4.69, 9.17) is 0 Å². The Hall–Kier alpha value is -1.65. The van der Waals surface area contributed by atoms with Crippen LogP contribution in [0.2, 0.25) is 0 Å². The zero-order valence-corrected chi connectivity index (χ0v) is 11.9. The molecule has 4 heteroatoms. The van der Waals surface area contributed by atoms with Crippen molar-refractivity contribution in [1.82, 2.24) is 0 Å². The standard InChI is InChI=1S/C16H16O3S/c17-20(18,19)16-11-14-6-5-12-1-3-13(4-2-12)7-9-15(16)10-8-14/h1-4,8,10-11H,5-7,9H2,(H,17,18,19). The molecular weight excluding hydrogens is 272 g/mol. The minimum absolute atomic E-state index is 0.0602. The normalized spacial score (nSPS) is 14.8. The first kappa shape index (κ1) is 13.3. The summed E-state index contributed by atoms with van der Waals surface area (Å²) >= 11 is 0. The highest BCUT2D eigenvalue weighted by Gasteiger charge is 2.16. The summed E-state index contributed by atoms with van der Waals surface area (Å²) in [6.45, 7) is 0. The quantitative estimate of drug-likeness (QED) is 0.821. The molecule has 104 valence electrons. The third kappa shape index (κ3) is 2.76. The molecule has 0 radical (unpaired) electrons. The van der Waals surface area contributed by atoms with Crippen LogP contribution in [-0.2, 0) is 35.8 Å². The molecule has 1 N–H and O–H groups in total. The molecule has 6 rings (SSSR count). The second kappa shape index (κ2) is 5.04. The van der Waals surface area contributed by atoms with Gasteiger partial charge in [0.2, 0.25) is 0 Å². The van der Waals surface area contributed by atoms with Crippen molar-refractivity contribution in [1.29, 1.82) is 0 Å². The van der Waals surface area contributed by atoms with Gasteiger partial charge in [0, 0.05) is 0 Å². The van der Waals surface area contributed by atoms with Crippen LogP contribution < -0.4 is 0 Å². The molecule has 2 aromatic carbocycles. The van der Waals surface area contributed by atoms with E-state index in [0.29, 0.717) is 12.0 Å². The number of benzene rings is 2. The molecule has 2 aromatic rings. The van der Waals surface area contributed by atoms with Crippen molar-refractivity contribution in [2.45, 2.75) is 30.6 Å². The van der Waals surface area contributed by atoms with Crippen molar-refractivity contribution in [2.75, 3.05) is 0 Å². The molecule has 0 aromatic heterocycles. The highest BCUT2D eigenvalue weighted by atomic mass is 32.2. The first-order chi connectivity index (χ1) is 9.52. The third-order valence-electron chi connectivity index (χ3n) is 3.82. The van der Waals surface area contributed by atoms with E-state index in [1.54, 1.807) is 6.07 Å². The lowest BCUT2D eigenvalue weighted by atomic mass is 9.97. The zero-order valence-electron chi connectivity index (χ0n) is 11.0. The fourth-order valence-electron chi connectivity index (χ4n) is 2.64. The van der Waals surface area contributed by atoms with Crippen LogP contribution in [0.3, 0.4) is 0 Å². The summed E-state index contributed by atoms with van der Waals surface area (Å²) in [5.41, 5.74) is 4.04. The minimum Gasteiger partial charge on any atom is -0.282 e. The molecule has 0 unspecified atom stereocenters. The summed E-state index contributed by atoms with van der Waals surface area (Å²) in [7, 11) is -4.16. The second-order valence-corrected chi connectivity index (χ2v) is 6.62. The van der Waals surface area contributed by atoms with E-state index in [0.717, 1.165) is 24.8 Å². The minimum atomic E-state index is -4.16. The molecule has 20 heavy (non-hydrogen) atoms. The van der Waals surface area contributed by atoms with Crippen LogP contribution in [-0.4, -0.2) is 13.0 Å². The Morgan fingerprint density at radius 2 is 1.25 bits per heavy atom. The third-order valence-corrected chi connectivity index (χ3v) is 4.75. The van der Waals surface area contributed by atoms with Crippen molar-refractivity contribution in [3.05, 3.63) is 64.7 Å². The van der Waals surface area contributed by atoms with Gasteiger partial charge in [0.1, 0.15) is 0 Å². The molecule has 4 aliphatic rings. The van der Waals surface area contributed by atoms with Crippen molar-refractivity contribution < 1.29 is 13.0 Å². The fourth-order valence-corrected chi connectivity index (χ4v) is 3.44. The maximum atomic E-state index is 11.5. The van der Waals surface area contributed by atoms with Crippen molar-refractivity contribution in [2.24, 2.45) is 0 Å². The molecule has 0 saturated heterocycles. The smallest absolute Gasteiger partial charge is 0.282 e. The summed E-state index contributed by atoms with van der Waals surface area (Å²) in [6, 6.07) is 13.8. The fraction of sp³-hybridized carbons (Fsp3) is 0.250. The Morgan fingerprint density at radius 3 is 1.85 bits per heavy atom. The lowest BCUT2D eigenvalue weighted by Crippen LogP contribution is -2.07. The maximum Gasteiger partial charge on any atom is 0.294 e. The molecule has 3 nitrogen and oxygen atoms in total. The summed E-state index contributed by atoms with van der Waals surface area (Å²) in [6.07, 6.45) is 3.00. The molecule has 0 amide bonds. The molecule has 0 spiro atoms. The Morgan fingerprint density at radius 1 is 0.750 bits per heavy atom. The molecule has 4 aliphatic carbocycles. The van der Waals surface area contributed by atoms with Crippen LogP contribution in [0.4, 0.5) is 0 Å². The monoisotopic (exact) mass is 288 g/mol. The zero-order chi connectivity index (χ0) is 14.2. The van der Waals surface area contributed by atoms with E-state index < -0.39 is 10.1 Å². The van der Waals surface area contributed by atoms with Gasteiger partial charge in [0.25, 0.3) is 10.1 Å². The van der Waals surface area contributed by atoms with Crippen molar-refractivity contribution in [3.8, 4) is 0 Å². The highest BCUT2D eigenvalue weighted by molar-refractivity contribution is 7.85. The van der Waals surface area contributed by atoms with Crippen LogP contribution in [0.5, 0.6) is 0 Å². The van der Waals surface area contributed by atoms with Gasteiger partial charge in [-0.25, -0.2) is 0 Å². The molecule has 0 fully saturated rings. The largest absolute Gasteiger partial charge is 0.294 e. The van der Waals surface area contributed by atoms with Gasteiger partial charge in [-0.2, -0.15) is 8.42 Å². The van der Waals surface area contributed by atoms with Crippen LogP contribution in [0.25, 0.3) is 0 Å². The van der Waals surface area contributed by atoms with Gasteiger partial charge in [0.15, 0.2) is 0 Å². The van der Waals surface area contributed by atoms with E-state index in [1.165, 1.54) is 11.1 Å². The van der Waals surface area contributed by atoms with Gasteiger partial charge in [-0.15, -0.1) is 0 Å². The first-order valence-corrected chi connectivity index (χ1v) is 8.13. The molecule has 4 bridgehead atoms. The molecule has 0 saturated carbocycles. The van der Waals surface area contributed by atoms with E-state index in [1.807, 2.05) is 12.1 Å². The van der Waals surface area contributed by atoms with Crippen molar-refractivity contribution >= 4 is 10.1 Å². The number of hydrogen-bond donors (Lipinski definition) is 1. The summed E-state index contributed by atoms with van der Waals surface area (Å²) < 4.78 is 32.5. The van der Waals surface area contributed by atoms with Gasteiger partial charge in [-0.05, 0) is 54.0 Å². The highest BCUT2D eigenvalue weighted by Crippen LogP contribution is 2.22. The summed E-state index contributed by atoms with van der Waals surface area (Å²) in [4.78, 5) is 0.0602. The van der Waals surface area contributed by atoms with Crippen LogP contribution in [0.1, 0.15) is 22.3 Å². The van der Waals surface area contributed by atoms with Crippen LogP contribution >= 0.6 is 0 Å². The number of rotatable bonds is 1. The van der Waals surface area contributed by atoms with Gasteiger partial charge < -0.3 is 0 Å². The molecular formula is C16H16O3S. The first-order valence-electron chi connectivity index (χ1n) is 6.69. The maximum absolute atomic E-state index is 11.5. The summed E-state index contributed by atoms with van der Waals surface area (Å²) in [5.74, 6) is 0. The van der Waals surface area contributed by atoms with E-state index >= 15 is 0 Å². The average Bonchev–Trinajstić information content (AvgIpc) is 2.40. The Labute approximate surface area is 119 Å². The van der Waals surface area contributed by atoms with E-state index in [9.17, 15) is 13.0 Å². The predicted molar refractivity (Wildman–Crippen MR) is 77.5 cm³/mol. The Bertz CT molecular complexity index is 731. The molecule has 0 heterocycles. The molecule has 0 atom stereocenters. The Balaban J connectivity index is 2.08. The Kier molecular flexibility index (Phi) is 3.36. The average molecular weight is 288 g/mol. The lowest BCUT2D eigenvalue weighted by Gasteiger charge is -2.12. The second-order valence-electron chi connectivity index (χ2n) is 5.23. The van der Waals surface area contributed by atoms with Gasteiger partial charge in [-0.1, -0.05) is 36.4 Å². The number of hydrogen-bond acceptors (Lipinski definition) is 2. The topological polar surface area (TPSA) is 54.4 Å². The van der Waals surface area contributed by atoms with Crippen LogP contribution in [0, 0.1) is 0 Å². The summed E-state index contributed by atoms with van der Waals surface area (Å²) in [5, 5.41) is 0. The van der Waals surface area contributed by atoms with Crippen LogP contribution in [0.15, 0.2) is 47.4 Å². The van der Waals surface area contributed by atoms with Gasteiger partial charge in [-0.3, -0.25) is 4.55 Å². The SMILES string of the molecule is O=S(=O)(O)c1cc2ccc1CCc1ccc(cc1)CC2. The molecule has 0 aliphatic heterocycles. The van der Waals surface area contributed by atoms with Crippen molar-refractivity contribution in [3.63, 3.8) is 0 Å². The lowest BCUT2D eigenvalue weighted by molar-refractivity contribution is 0.482. The van der Waals surface area contributed by atoms with E-state index in [-0.39, 0.29) is 4.90 Å².